The number of hydrogen-bond acceptors (Lipinski definition) is 5. The summed E-state index contributed by atoms with van der Waals surface area (Å²) in [6, 6.07) is 15.6. The van der Waals surface area contributed by atoms with Gasteiger partial charge in [-0.15, -0.1) is 11.8 Å². The summed E-state index contributed by atoms with van der Waals surface area (Å²) < 4.78 is 0. The molecule has 0 aliphatic carbocycles. The average molecular weight is 329 g/mol. The minimum absolute atomic E-state index is 0.0418. The highest BCUT2D eigenvalue weighted by Crippen LogP contribution is 2.18. The second-order valence-electron chi connectivity index (χ2n) is 4.96. The summed E-state index contributed by atoms with van der Waals surface area (Å²) in [6.07, 6.45) is 1.99. The summed E-state index contributed by atoms with van der Waals surface area (Å²) in [6.45, 7) is 0. The van der Waals surface area contributed by atoms with Crippen LogP contribution in [0.4, 0.5) is 0 Å². The lowest BCUT2D eigenvalue weighted by atomic mass is 9.97. The van der Waals surface area contributed by atoms with Crippen LogP contribution in [-0.2, 0) is 4.84 Å². The Kier molecular flexibility index (Phi) is 6.52. The molecule has 0 aliphatic heterocycles. The first-order valence-corrected chi connectivity index (χ1v) is 8.43. The standard InChI is InChI=1S/C18H19NO3S/c1-22-19-16(12-17(20)13-7-4-3-5-8-13)18(21)14-9-6-10-15(11-14)23-2/h3-11,16,19H,12H2,1-2H3. The summed E-state index contributed by atoms with van der Waals surface area (Å²) in [5.41, 5.74) is 3.79. The van der Waals surface area contributed by atoms with E-state index in [2.05, 4.69) is 5.48 Å². The molecule has 0 spiro atoms. The number of thioether (sulfide) groups is 1. The van der Waals surface area contributed by atoms with Crippen molar-refractivity contribution in [2.75, 3.05) is 13.4 Å². The van der Waals surface area contributed by atoms with Crippen molar-refractivity contribution in [2.45, 2.75) is 17.4 Å². The normalized spacial score (nSPS) is 11.9. The number of Topliss-reactive ketones (excluding diaryl/α,β-unsaturated/α-hetero) is 2. The van der Waals surface area contributed by atoms with Gasteiger partial charge in [0.1, 0.15) is 6.04 Å². The lowest BCUT2D eigenvalue weighted by Crippen LogP contribution is -2.38. The molecule has 0 aliphatic rings. The van der Waals surface area contributed by atoms with Crippen molar-refractivity contribution in [1.82, 2.24) is 5.48 Å². The van der Waals surface area contributed by atoms with Gasteiger partial charge in [-0.3, -0.25) is 9.59 Å². The van der Waals surface area contributed by atoms with Crippen LogP contribution in [0.15, 0.2) is 59.5 Å². The molecule has 0 radical (unpaired) electrons. The van der Waals surface area contributed by atoms with Crippen LogP contribution in [0.2, 0.25) is 0 Å². The molecule has 1 atom stereocenters. The van der Waals surface area contributed by atoms with Crippen LogP contribution < -0.4 is 5.48 Å². The Hall–Kier alpha value is -1.95. The summed E-state index contributed by atoms with van der Waals surface area (Å²) >= 11 is 1.57. The fourth-order valence-corrected chi connectivity index (χ4v) is 2.69. The zero-order valence-electron chi connectivity index (χ0n) is 13.1. The van der Waals surface area contributed by atoms with Crippen molar-refractivity contribution in [1.29, 1.82) is 0 Å². The molecular formula is C18H19NO3S. The van der Waals surface area contributed by atoms with Crippen molar-refractivity contribution in [3.63, 3.8) is 0 Å². The maximum Gasteiger partial charge on any atom is 0.182 e. The van der Waals surface area contributed by atoms with Gasteiger partial charge in [0, 0.05) is 22.4 Å². The van der Waals surface area contributed by atoms with Crippen LogP contribution in [0.5, 0.6) is 0 Å². The average Bonchev–Trinajstić information content (AvgIpc) is 2.61. The van der Waals surface area contributed by atoms with Crippen LogP contribution in [0.1, 0.15) is 27.1 Å². The molecule has 4 nitrogen and oxygen atoms in total. The largest absolute Gasteiger partial charge is 0.304 e. The van der Waals surface area contributed by atoms with Crippen molar-refractivity contribution >= 4 is 23.3 Å². The van der Waals surface area contributed by atoms with Crippen molar-refractivity contribution in [2.24, 2.45) is 0 Å². The number of carbonyl (C=O) groups excluding carboxylic acids is 2. The first kappa shape index (κ1) is 17.4. The molecule has 23 heavy (non-hydrogen) atoms. The molecule has 0 heterocycles. The second kappa shape index (κ2) is 8.62. The molecule has 2 rings (SSSR count). The lowest BCUT2D eigenvalue weighted by Gasteiger charge is -2.16. The van der Waals surface area contributed by atoms with E-state index in [1.165, 1.54) is 7.11 Å². The number of hydrogen-bond donors (Lipinski definition) is 1. The molecule has 1 N–H and O–H groups in total. The Bertz CT molecular complexity index is 673. The van der Waals surface area contributed by atoms with E-state index >= 15 is 0 Å². The van der Waals surface area contributed by atoms with Gasteiger partial charge in [-0.2, -0.15) is 5.48 Å². The molecule has 0 saturated heterocycles. The fraction of sp³-hybridized carbons (Fsp3) is 0.222. The van der Waals surface area contributed by atoms with Crippen LogP contribution in [0, 0.1) is 0 Å². The fourth-order valence-electron chi connectivity index (χ4n) is 2.23. The molecule has 0 amide bonds. The minimum Gasteiger partial charge on any atom is -0.304 e. The molecule has 0 saturated carbocycles. The van der Waals surface area contributed by atoms with E-state index in [9.17, 15) is 9.59 Å². The first-order chi connectivity index (χ1) is 11.2. The van der Waals surface area contributed by atoms with Gasteiger partial charge in [0.05, 0.1) is 7.11 Å². The number of nitrogens with one attached hydrogen (secondary N) is 1. The van der Waals surface area contributed by atoms with Crippen molar-refractivity contribution in [3.05, 3.63) is 65.7 Å². The summed E-state index contributed by atoms with van der Waals surface area (Å²) in [5.74, 6) is -0.262. The highest BCUT2D eigenvalue weighted by atomic mass is 32.2. The monoisotopic (exact) mass is 329 g/mol. The van der Waals surface area contributed by atoms with Crippen LogP contribution in [-0.4, -0.2) is 31.0 Å². The third kappa shape index (κ3) is 4.76. The third-order valence-electron chi connectivity index (χ3n) is 3.42. The lowest BCUT2D eigenvalue weighted by molar-refractivity contribution is 0.0473. The number of ketones is 2. The highest BCUT2D eigenvalue weighted by Gasteiger charge is 2.24. The SMILES string of the molecule is CONC(CC(=O)c1ccccc1)C(=O)c1cccc(SC)c1. The van der Waals surface area contributed by atoms with E-state index in [4.69, 9.17) is 4.84 Å². The Morgan fingerprint density at radius 3 is 2.43 bits per heavy atom. The highest BCUT2D eigenvalue weighted by molar-refractivity contribution is 7.98. The molecule has 0 bridgehead atoms. The number of hydroxylamine groups is 1. The number of carbonyl (C=O) groups is 2. The van der Waals surface area contributed by atoms with Gasteiger partial charge in [0.15, 0.2) is 11.6 Å². The molecule has 120 valence electrons. The van der Waals surface area contributed by atoms with Gasteiger partial charge in [-0.1, -0.05) is 42.5 Å². The van der Waals surface area contributed by atoms with E-state index in [0.717, 1.165) is 4.90 Å². The van der Waals surface area contributed by atoms with E-state index in [-0.39, 0.29) is 18.0 Å². The van der Waals surface area contributed by atoms with Gasteiger partial charge < -0.3 is 4.84 Å². The maximum atomic E-state index is 12.7. The summed E-state index contributed by atoms with van der Waals surface area (Å²) in [4.78, 5) is 30.9. The van der Waals surface area contributed by atoms with E-state index in [1.807, 2.05) is 30.5 Å². The van der Waals surface area contributed by atoms with E-state index in [1.54, 1.807) is 42.1 Å². The molecule has 0 aromatic heterocycles. The quantitative estimate of drug-likeness (QED) is 0.457. The third-order valence-corrected chi connectivity index (χ3v) is 4.14. The number of rotatable bonds is 8. The summed E-state index contributed by atoms with van der Waals surface area (Å²) in [7, 11) is 1.44. The molecule has 5 heteroatoms. The second-order valence-corrected chi connectivity index (χ2v) is 5.84. The Morgan fingerprint density at radius 1 is 1.09 bits per heavy atom. The Labute approximate surface area is 140 Å². The zero-order valence-corrected chi connectivity index (χ0v) is 13.9. The van der Waals surface area contributed by atoms with Crippen molar-refractivity contribution < 1.29 is 14.4 Å². The molecule has 1 unspecified atom stereocenters. The Balaban J connectivity index is 2.17. The first-order valence-electron chi connectivity index (χ1n) is 7.20. The minimum atomic E-state index is -0.718. The Morgan fingerprint density at radius 2 is 1.78 bits per heavy atom. The zero-order chi connectivity index (χ0) is 16.7. The van der Waals surface area contributed by atoms with Gasteiger partial charge in [-0.25, -0.2) is 0 Å². The summed E-state index contributed by atoms with van der Waals surface area (Å²) in [5, 5.41) is 0. The number of benzene rings is 2. The van der Waals surface area contributed by atoms with Crippen molar-refractivity contribution in [3.8, 4) is 0 Å². The molecule has 0 fully saturated rings. The molecule has 2 aromatic rings. The smallest absolute Gasteiger partial charge is 0.182 e. The maximum absolute atomic E-state index is 12.7. The van der Waals surface area contributed by atoms with E-state index < -0.39 is 6.04 Å². The van der Waals surface area contributed by atoms with Gasteiger partial charge >= 0.3 is 0 Å². The predicted molar refractivity (Wildman–Crippen MR) is 91.9 cm³/mol. The van der Waals surface area contributed by atoms with Crippen LogP contribution in [0.25, 0.3) is 0 Å². The molecule has 2 aromatic carbocycles. The van der Waals surface area contributed by atoms with Crippen LogP contribution in [0.3, 0.4) is 0 Å². The predicted octanol–water partition coefficient (Wildman–Crippen LogP) is 3.38. The van der Waals surface area contributed by atoms with Crippen LogP contribution >= 0.6 is 11.8 Å². The van der Waals surface area contributed by atoms with Gasteiger partial charge in [-0.05, 0) is 18.4 Å². The molecular weight excluding hydrogens is 310 g/mol. The van der Waals surface area contributed by atoms with E-state index in [0.29, 0.717) is 11.1 Å². The van der Waals surface area contributed by atoms with Gasteiger partial charge in [0.25, 0.3) is 0 Å². The van der Waals surface area contributed by atoms with Gasteiger partial charge in [0.2, 0.25) is 0 Å². The topological polar surface area (TPSA) is 55.4 Å².